The summed E-state index contributed by atoms with van der Waals surface area (Å²) in [6.07, 6.45) is 10.2. The molecule has 7 aromatic carbocycles. The minimum absolute atomic E-state index is 0.0268. The van der Waals surface area contributed by atoms with Crippen LogP contribution in [0.5, 0.6) is 23.0 Å². The zero-order chi connectivity index (χ0) is 40.2. The molecule has 2 heterocycles. The molecule has 0 N–H and O–H groups in total. The van der Waals surface area contributed by atoms with Crippen LogP contribution in [0.3, 0.4) is 0 Å². The van der Waals surface area contributed by atoms with Crippen molar-refractivity contribution in [2.24, 2.45) is 0 Å². The van der Waals surface area contributed by atoms with Gasteiger partial charge in [-0.3, -0.25) is 0 Å². The van der Waals surface area contributed by atoms with Crippen molar-refractivity contribution in [1.82, 2.24) is 0 Å². The molecule has 0 spiro atoms. The quantitative estimate of drug-likeness (QED) is 0.167. The average Bonchev–Trinajstić information content (AvgIpc) is 3.30. The molecule has 0 aromatic heterocycles. The molecule has 11 rings (SSSR count). The summed E-state index contributed by atoms with van der Waals surface area (Å²) < 4.78 is 47.9. The van der Waals surface area contributed by atoms with Gasteiger partial charge < -0.3 is 19.3 Å². The van der Waals surface area contributed by atoms with E-state index in [4.69, 9.17) is 9.47 Å². The summed E-state index contributed by atoms with van der Waals surface area (Å²) in [6, 6.07) is 47.3. The summed E-state index contributed by atoms with van der Waals surface area (Å²) in [5, 5.41) is 0. The first-order valence-corrected chi connectivity index (χ1v) is 21.7. The Morgan fingerprint density at radius 3 is 1.05 bits per heavy atom. The predicted molar refractivity (Wildman–Crippen MR) is 238 cm³/mol. The van der Waals surface area contributed by atoms with E-state index in [1.54, 1.807) is 24.3 Å². The van der Waals surface area contributed by atoms with Crippen molar-refractivity contribution >= 4 is 34.1 Å². The molecule has 2 fully saturated rings. The highest BCUT2D eigenvalue weighted by Crippen LogP contribution is 2.65. The SMILES string of the molecule is Fc1ccccc1-c1c(C2CCCCC2)c(-c2ccccc2F)c(N2c3ccccc3Oc3ccccc32)c(C2CCCCC2)c1N1c2ccccc2Oc2ccccc21. The number of benzene rings is 7. The molecule has 298 valence electrons. The second kappa shape index (κ2) is 15.3. The van der Waals surface area contributed by atoms with Gasteiger partial charge in [-0.2, -0.15) is 0 Å². The number of halogens is 2. The van der Waals surface area contributed by atoms with Gasteiger partial charge in [-0.05, 0) is 104 Å². The van der Waals surface area contributed by atoms with Gasteiger partial charge in [0.25, 0.3) is 0 Å². The van der Waals surface area contributed by atoms with Crippen LogP contribution in [-0.4, -0.2) is 0 Å². The third-order valence-electron chi connectivity index (χ3n) is 13.1. The van der Waals surface area contributed by atoms with Crippen LogP contribution in [-0.2, 0) is 0 Å². The second-order valence-electron chi connectivity index (χ2n) is 16.6. The van der Waals surface area contributed by atoms with Crippen molar-refractivity contribution in [3.05, 3.63) is 168 Å². The number of hydrogen-bond acceptors (Lipinski definition) is 4. The van der Waals surface area contributed by atoms with Gasteiger partial charge in [-0.15, -0.1) is 0 Å². The van der Waals surface area contributed by atoms with Crippen LogP contribution in [0.25, 0.3) is 22.3 Å². The van der Waals surface area contributed by atoms with E-state index in [9.17, 15) is 0 Å². The number of hydrogen-bond donors (Lipinski definition) is 0. The van der Waals surface area contributed by atoms with Crippen molar-refractivity contribution in [2.75, 3.05) is 9.80 Å². The molecule has 0 radical (unpaired) electrons. The molecule has 7 aromatic rings. The molecule has 60 heavy (non-hydrogen) atoms. The average molecular weight is 793 g/mol. The summed E-state index contributed by atoms with van der Waals surface area (Å²) >= 11 is 0. The highest BCUT2D eigenvalue weighted by Gasteiger charge is 2.42. The largest absolute Gasteiger partial charge is 0.453 e. The number of fused-ring (bicyclic) bond motifs is 4. The van der Waals surface area contributed by atoms with E-state index in [0.717, 1.165) is 144 Å². The van der Waals surface area contributed by atoms with Crippen molar-refractivity contribution in [3.8, 4) is 45.3 Å². The lowest BCUT2D eigenvalue weighted by molar-refractivity contribution is 0.440. The number of para-hydroxylation sites is 8. The fraction of sp³-hybridized carbons (Fsp3) is 0.222. The Labute approximate surface area is 350 Å². The van der Waals surface area contributed by atoms with Gasteiger partial charge in [-0.1, -0.05) is 123 Å². The monoisotopic (exact) mass is 792 g/mol. The van der Waals surface area contributed by atoms with Crippen LogP contribution in [0.2, 0.25) is 0 Å². The molecule has 2 aliphatic heterocycles. The number of rotatable bonds is 6. The number of nitrogens with zero attached hydrogens (tertiary/aromatic N) is 2. The number of ether oxygens (including phenoxy) is 2. The molecule has 0 unspecified atom stereocenters. The van der Waals surface area contributed by atoms with Gasteiger partial charge in [0.2, 0.25) is 0 Å². The van der Waals surface area contributed by atoms with E-state index in [2.05, 4.69) is 58.3 Å². The molecule has 0 saturated heterocycles. The van der Waals surface area contributed by atoms with Crippen molar-refractivity contribution < 1.29 is 18.3 Å². The molecule has 2 saturated carbocycles. The fourth-order valence-electron chi connectivity index (χ4n) is 10.6. The molecule has 6 heteroatoms. The molecule has 0 atom stereocenters. The summed E-state index contributed by atoms with van der Waals surface area (Å²) in [6.45, 7) is 0. The lowest BCUT2D eigenvalue weighted by Crippen LogP contribution is -2.26. The van der Waals surface area contributed by atoms with E-state index in [-0.39, 0.29) is 23.5 Å². The first kappa shape index (κ1) is 36.7. The Hall–Kier alpha value is -6.40. The van der Waals surface area contributed by atoms with Crippen LogP contribution in [0.15, 0.2) is 146 Å². The maximum absolute atomic E-state index is 17.3. The minimum Gasteiger partial charge on any atom is -0.453 e. The lowest BCUT2D eigenvalue weighted by atomic mass is 9.71. The van der Waals surface area contributed by atoms with Gasteiger partial charge in [0.1, 0.15) is 11.6 Å². The van der Waals surface area contributed by atoms with Crippen LogP contribution in [0.1, 0.15) is 87.2 Å². The summed E-state index contributed by atoms with van der Waals surface area (Å²) in [5.41, 5.74) is 10.2. The standard InChI is InChI=1S/C54H46F2N2O2/c55-39-25-9-7-23-37(39)51-49(35-19-3-1-4-20-35)52(38-24-8-10-26-40(38)56)54(58-43-29-13-17-33-47(43)60-48-34-18-14-30-44(48)58)50(36-21-5-2-6-22-36)53(51)57-41-27-11-15-31-45(41)59-46-32-16-12-28-42(46)57/h7-18,23-36H,1-6,19-22H2. The zero-order valence-electron chi connectivity index (χ0n) is 33.5. The van der Waals surface area contributed by atoms with Crippen LogP contribution < -0.4 is 19.3 Å². The highest BCUT2D eigenvalue weighted by atomic mass is 19.1. The topological polar surface area (TPSA) is 24.9 Å². The smallest absolute Gasteiger partial charge is 0.151 e. The van der Waals surface area contributed by atoms with Gasteiger partial charge >= 0.3 is 0 Å². The Morgan fingerprint density at radius 2 is 0.683 bits per heavy atom. The van der Waals surface area contributed by atoms with E-state index < -0.39 is 0 Å². The van der Waals surface area contributed by atoms with E-state index in [1.165, 1.54) is 0 Å². The van der Waals surface area contributed by atoms with Crippen LogP contribution >= 0.6 is 0 Å². The molecule has 4 aliphatic rings. The normalized spacial score (nSPS) is 16.2. The Morgan fingerprint density at radius 1 is 0.367 bits per heavy atom. The third-order valence-corrected chi connectivity index (χ3v) is 13.1. The molecular weight excluding hydrogens is 747 g/mol. The highest BCUT2D eigenvalue weighted by molar-refractivity contribution is 6.07. The van der Waals surface area contributed by atoms with E-state index >= 15 is 8.78 Å². The van der Waals surface area contributed by atoms with Gasteiger partial charge in [0, 0.05) is 27.8 Å². The summed E-state index contributed by atoms with van der Waals surface area (Å²) in [5.74, 6) is 2.41. The first-order valence-electron chi connectivity index (χ1n) is 21.7. The molecule has 0 amide bonds. The summed E-state index contributed by atoms with van der Waals surface area (Å²) in [4.78, 5) is 4.72. The fourth-order valence-corrected chi connectivity index (χ4v) is 10.6. The zero-order valence-corrected chi connectivity index (χ0v) is 33.5. The predicted octanol–water partition coefficient (Wildman–Crippen LogP) is 16.5. The van der Waals surface area contributed by atoms with E-state index in [0.29, 0.717) is 11.1 Å². The van der Waals surface area contributed by atoms with Crippen LogP contribution in [0, 0.1) is 11.6 Å². The Bertz CT molecular complexity index is 2490. The first-order chi connectivity index (χ1) is 29.7. The van der Waals surface area contributed by atoms with Crippen LogP contribution in [0.4, 0.5) is 42.9 Å². The second-order valence-corrected chi connectivity index (χ2v) is 16.6. The Balaban J connectivity index is 1.42. The van der Waals surface area contributed by atoms with E-state index in [1.807, 2.05) is 72.8 Å². The maximum Gasteiger partial charge on any atom is 0.151 e. The van der Waals surface area contributed by atoms with Crippen molar-refractivity contribution in [1.29, 1.82) is 0 Å². The maximum atomic E-state index is 17.3. The third kappa shape index (κ3) is 6.06. The molecule has 0 bridgehead atoms. The molecule has 2 aliphatic carbocycles. The van der Waals surface area contributed by atoms with Gasteiger partial charge in [0.05, 0.1) is 34.1 Å². The summed E-state index contributed by atoms with van der Waals surface area (Å²) in [7, 11) is 0. The lowest BCUT2D eigenvalue weighted by Gasteiger charge is -2.44. The number of anilines is 6. The van der Waals surface area contributed by atoms with Crippen molar-refractivity contribution in [3.63, 3.8) is 0 Å². The molecular formula is C54H46F2N2O2. The molecule has 4 nitrogen and oxygen atoms in total. The minimum atomic E-state index is -0.297. The Kier molecular flexibility index (Phi) is 9.36. The van der Waals surface area contributed by atoms with Gasteiger partial charge in [-0.25, -0.2) is 8.78 Å². The van der Waals surface area contributed by atoms with Crippen molar-refractivity contribution in [2.45, 2.75) is 76.0 Å². The van der Waals surface area contributed by atoms with Gasteiger partial charge in [0.15, 0.2) is 23.0 Å².